The van der Waals surface area contributed by atoms with Crippen molar-refractivity contribution in [2.75, 3.05) is 13.1 Å². The highest BCUT2D eigenvalue weighted by Crippen LogP contribution is 2.42. The van der Waals surface area contributed by atoms with Gasteiger partial charge in [0.05, 0.1) is 4.75 Å². The normalized spacial score (nSPS) is 27.5. The van der Waals surface area contributed by atoms with Crippen LogP contribution in [0.3, 0.4) is 0 Å². The van der Waals surface area contributed by atoms with Gasteiger partial charge in [-0.2, -0.15) is 0 Å². The van der Waals surface area contributed by atoms with Gasteiger partial charge in [-0.25, -0.2) is 13.1 Å². The average molecular weight is 218 g/mol. The van der Waals surface area contributed by atoms with E-state index in [0.29, 0.717) is 0 Å². The van der Waals surface area contributed by atoms with Crippen molar-refractivity contribution in [3.05, 3.63) is 0 Å². The second-order valence-corrected chi connectivity index (χ2v) is 6.82. The predicted octanol–water partition coefficient (Wildman–Crippen LogP) is 0.210. The summed E-state index contributed by atoms with van der Waals surface area (Å²) in [6.07, 6.45) is 3.45. The number of sulfonamides is 1. The van der Waals surface area contributed by atoms with Crippen molar-refractivity contribution in [3.8, 4) is 0 Å². The Morgan fingerprint density at radius 2 is 1.86 bits per heavy atom. The highest BCUT2D eigenvalue weighted by Gasteiger charge is 2.50. The van der Waals surface area contributed by atoms with Crippen LogP contribution in [0.5, 0.6) is 0 Å². The van der Waals surface area contributed by atoms with E-state index in [1.54, 1.807) is 0 Å². The van der Waals surface area contributed by atoms with E-state index in [2.05, 4.69) is 10.0 Å². The lowest BCUT2D eigenvalue weighted by Gasteiger charge is -2.25. The van der Waals surface area contributed by atoms with Crippen molar-refractivity contribution in [2.24, 2.45) is 0 Å². The van der Waals surface area contributed by atoms with Crippen LogP contribution < -0.4 is 10.0 Å². The van der Waals surface area contributed by atoms with Crippen molar-refractivity contribution in [1.29, 1.82) is 0 Å². The van der Waals surface area contributed by atoms with Gasteiger partial charge in [0.15, 0.2) is 0 Å². The molecule has 0 spiro atoms. The first kappa shape index (κ1) is 10.4. The minimum atomic E-state index is -3.06. The summed E-state index contributed by atoms with van der Waals surface area (Å²) in [4.78, 5) is 0. The van der Waals surface area contributed by atoms with E-state index in [1.807, 2.05) is 6.92 Å². The molecule has 0 bridgehead atoms. The lowest BCUT2D eigenvalue weighted by atomic mass is 10.1. The summed E-state index contributed by atoms with van der Waals surface area (Å²) in [6, 6.07) is 0.152. The van der Waals surface area contributed by atoms with Gasteiger partial charge in [0.1, 0.15) is 0 Å². The summed E-state index contributed by atoms with van der Waals surface area (Å²) in [6.45, 7) is 3.67. The van der Waals surface area contributed by atoms with Gasteiger partial charge < -0.3 is 5.32 Å². The maximum Gasteiger partial charge on any atom is 0.217 e. The molecule has 1 saturated heterocycles. The molecule has 2 fully saturated rings. The Kier molecular flexibility index (Phi) is 2.57. The van der Waals surface area contributed by atoms with E-state index in [0.717, 1.165) is 38.8 Å². The molecule has 82 valence electrons. The van der Waals surface area contributed by atoms with Gasteiger partial charge in [-0.15, -0.1) is 0 Å². The van der Waals surface area contributed by atoms with Crippen LogP contribution in [0, 0.1) is 0 Å². The molecular weight excluding hydrogens is 200 g/mol. The fourth-order valence-electron chi connectivity index (χ4n) is 1.75. The zero-order valence-electron chi connectivity index (χ0n) is 8.54. The molecule has 14 heavy (non-hydrogen) atoms. The summed E-state index contributed by atoms with van der Waals surface area (Å²) in [5.41, 5.74) is 0. The summed E-state index contributed by atoms with van der Waals surface area (Å²) < 4.78 is 26.1. The molecule has 0 atom stereocenters. The zero-order valence-corrected chi connectivity index (χ0v) is 9.36. The molecule has 0 aromatic rings. The van der Waals surface area contributed by atoms with Crippen molar-refractivity contribution < 1.29 is 8.42 Å². The number of rotatable bonds is 3. The Labute approximate surface area is 85.5 Å². The summed E-state index contributed by atoms with van der Waals surface area (Å²) in [7, 11) is -3.06. The molecule has 1 aliphatic carbocycles. The Morgan fingerprint density at radius 1 is 1.29 bits per heavy atom. The van der Waals surface area contributed by atoms with E-state index < -0.39 is 14.8 Å². The molecular formula is C9H18N2O2S. The third-order valence-electron chi connectivity index (χ3n) is 3.26. The number of piperidine rings is 1. The molecule has 0 amide bonds. The van der Waals surface area contributed by atoms with Gasteiger partial charge in [0, 0.05) is 6.04 Å². The fourth-order valence-corrected chi connectivity index (χ4v) is 3.34. The molecule has 2 rings (SSSR count). The Bertz CT molecular complexity index is 303. The van der Waals surface area contributed by atoms with Crippen LogP contribution in [0.25, 0.3) is 0 Å². The van der Waals surface area contributed by atoms with Gasteiger partial charge in [0.2, 0.25) is 10.0 Å². The second-order valence-electron chi connectivity index (χ2n) is 4.60. The van der Waals surface area contributed by atoms with E-state index in [-0.39, 0.29) is 6.04 Å². The minimum Gasteiger partial charge on any atom is -0.317 e. The molecule has 5 heteroatoms. The molecule has 0 aromatic heterocycles. The van der Waals surface area contributed by atoms with Crippen molar-refractivity contribution in [1.82, 2.24) is 10.0 Å². The zero-order chi connectivity index (χ0) is 10.2. The van der Waals surface area contributed by atoms with Crippen LogP contribution in [-0.4, -0.2) is 32.3 Å². The van der Waals surface area contributed by atoms with E-state index in [9.17, 15) is 8.42 Å². The number of hydrogen-bond donors (Lipinski definition) is 2. The molecule has 0 unspecified atom stereocenters. The van der Waals surface area contributed by atoms with E-state index >= 15 is 0 Å². The average Bonchev–Trinajstić information content (AvgIpc) is 2.86. The first-order valence-electron chi connectivity index (χ1n) is 5.26. The Hall–Kier alpha value is -0.130. The fraction of sp³-hybridized carbons (Fsp3) is 1.00. The van der Waals surface area contributed by atoms with Crippen LogP contribution in [-0.2, 0) is 10.0 Å². The standard InChI is InChI=1S/C9H18N2O2S/c1-9(4-5-9)14(12,13)11-8-2-6-10-7-3-8/h8,10-11H,2-7H2,1H3. The highest BCUT2D eigenvalue weighted by molar-refractivity contribution is 7.91. The molecule has 2 aliphatic rings. The van der Waals surface area contributed by atoms with Crippen LogP contribution in [0.2, 0.25) is 0 Å². The predicted molar refractivity (Wildman–Crippen MR) is 55.6 cm³/mol. The minimum absolute atomic E-state index is 0.152. The van der Waals surface area contributed by atoms with E-state index in [4.69, 9.17) is 0 Å². The Balaban J connectivity index is 1.95. The maximum absolute atomic E-state index is 11.9. The molecule has 1 aliphatic heterocycles. The molecule has 0 radical (unpaired) electrons. The van der Waals surface area contributed by atoms with Crippen LogP contribution in [0.15, 0.2) is 0 Å². The summed E-state index contributed by atoms with van der Waals surface area (Å²) in [5.74, 6) is 0. The summed E-state index contributed by atoms with van der Waals surface area (Å²) in [5, 5.41) is 3.22. The molecule has 4 nitrogen and oxygen atoms in total. The topological polar surface area (TPSA) is 58.2 Å². The molecule has 1 heterocycles. The van der Waals surface area contributed by atoms with Crippen molar-refractivity contribution in [3.63, 3.8) is 0 Å². The SMILES string of the molecule is CC1(S(=O)(=O)NC2CCNCC2)CC1. The van der Waals surface area contributed by atoms with E-state index in [1.165, 1.54) is 0 Å². The third kappa shape index (κ3) is 1.94. The smallest absolute Gasteiger partial charge is 0.217 e. The molecule has 1 saturated carbocycles. The van der Waals surface area contributed by atoms with Crippen molar-refractivity contribution in [2.45, 2.75) is 43.4 Å². The van der Waals surface area contributed by atoms with Gasteiger partial charge in [0.25, 0.3) is 0 Å². The summed E-state index contributed by atoms with van der Waals surface area (Å²) >= 11 is 0. The van der Waals surface area contributed by atoms with Gasteiger partial charge in [-0.05, 0) is 45.7 Å². The van der Waals surface area contributed by atoms with Gasteiger partial charge in [-0.1, -0.05) is 0 Å². The second kappa shape index (κ2) is 3.47. The lowest BCUT2D eigenvalue weighted by Crippen LogP contribution is -2.46. The maximum atomic E-state index is 11.9. The Morgan fingerprint density at radius 3 is 2.36 bits per heavy atom. The largest absolute Gasteiger partial charge is 0.317 e. The van der Waals surface area contributed by atoms with Gasteiger partial charge >= 0.3 is 0 Å². The van der Waals surface area contributed by atoms with Crippen molar-refractivity contribution >= 4 is 10.0 Å². The monoisotopic (exact) mass is 218 g/mol. The number of hydrogen-bond acceptors (Lipinski definition) is 3. The molecule has 0 aromatic carbocycles. The third-order valence-corrected chi connectivity index (χ3v) is 5.61. The van der Waals surface area contributed by atoms with Crippen LogP contribution in [0.1, 0.15) is 32.6 Å². The first-order valence-corrected chi connectivity index (χ1v) is 6.74. The van der Waals surface area contributed by atoms with Crippen LogP contribution >= 0.6 is 0 Å². The quantitative estimate of drug-likeness (QED) is 0.712. The lowest BCUT2D eigenvalue weighted by molar-refractivity contribution is 0.424. The van der Waals surface area contributed by atoms with Crippen LogP contribution in [0.4, 0.5) is 0 Å². The molecule has 2 N–H and O–H groups in total. The van der Waals surface area contributed by atoms with Gasteiger partial charge in [-0.3, -0.25) is 0 Å². The number of nitrogens with one attached hydrogen (secondary N) is 2. The first-order chi connectivity index (χ1) is 6.54. The highest BCUT2D eigenvalue weighted by atomic mass is 32.2.